The van der Waals surface area contributed by atoms with Crippen molar-refractivity contribution in [1.29, 1.82) is 0 Å². The molecule has 1 aromatic carbocycles. The first-order valence-corrected chi connectivity index (χ1v) is 7.26. The monoisotopic (exact) mass is 358 g/mol. The lowest BCUT2D eigenvalue weighted by Gasteiger charge is -2.25. The van der Waals surface area contributed by atoms with Gasteiger partial charge in [-0.05, 0) is 39.0 Å². The molecule has 0 atom stereocenters. The second kappa shape index (κ2) is 7.42. The second-order valence-electron chi connectivity index (χ2n) is 5.00. The third kappa shape index (κ3) is 5.73. The SMILES string of the molecule is CCOC(C)(C)CNC(=O)Nc1cc(Br)ccc1C(=O)O. The topological polar surface area (TPSA) is 87.7 Å². The van der Waals surface area contributed by atoms with Crippen molar-refractivity contribution >= 4 is 33.6 Å². The highest BCUT2D eigenvalue weighted by molar-refractivity contribution is 9.10. The smallest absolute Gasteiger partial charge is 0.337 e. The number of ether oxygens (including phenoxy) is 1. The largest absolute Gasteiger partial charge is 0.478 e. The van der Waals surface area contributed by atoms with Gasteiger partial charge in [-0.2, -0.15) is 0 Å². The molecule has 0 heterocycles. The maximum Gasteiger partial charge on any atom is 0.337 e. The van der Waals surface area contributed by atoms with E-state index in [2.05, 4.69) is 26.6 Å². The highest BCUT2D eigenvalue weighted by Gasteiger charge is 2.19. The number of benzene rings is 1. The van der Waals surface area contributed by atoms with Crippen molar-refractivity contribution in [3.63, 3.8) is 0 Å². The Labute approximate surface area is 132 Å². The first-order chi connectivity index (χ1) is 9.75. The van der Waals surface area contributed by atoms with Crippen LogP contribution in [-0.4, -0.2) is 35.9 Å². The zero-order valence-corrected chi connectivity index (χ0v) is 13.8. The average Bonchev–Trinajstić information content (AvgIpc) is 2.36. The van der Waals surface area contributed by atoms with Crippen LogP contribution in [0.5, 0.6) is 0 Å². The molecule has 6 nitrogen and oxygen atoms in total. The first kappa shape index (κ1) is 17.5. The Morgan fingerprint density at radius 3 is 2.62 bits per heavy atom. The Balaban J connectivity index is 2.71. The van der Waals surface area contributed by atoms with Gasteiger partial charge in [0.25, 0.3) is 0 Å². The molecule has 0 bridgehead atoms. The fourth-order valence-electron chi connectivity index (χ4n) is 1.71. The Bertz CT molecular complexity index is 532. The van der Waals surface area contributed by atoms with E-state index in [1.54, 1.807) is 6.07 Å². The number of hydrogen-bond acceptors (Lipinski definition) is 3. The summed E-state index contributed by atoms with van der Waals surface area (Å²) >= 11 is 3.24. The van der Waals surface area contributed by atoms with Crippen LogP contribution in [0.1, 0.15) is 31.1 Å². The summed E-state index contributed by atoms with van der Waals surface area (Å²) in [4.78, 5) is 23.0. The van der Waals surface area contributed by atoms with Gasteiger partial charge < -0.3 is 20.5 Å². The predicted octanol–water partition coefficient (Wildman–Crippen LogP) is 3.08. The second-order valence-corrected chi connectivity index (χ2v) is 5.91. The van der Waals surface area contributed by atoms with Crippen LogP contribution in [0.3, 0.4) is 0 Å². The summed E-state index contributed by atoms with van der Waals surface area (Å²) in [6.07, 6.45) is 0. The highest BCUT2D eigenvalue weighted by atomic mass is 79.9. The van der Waals surface area contributed by atoms with Crippen molar-refractivity contribution < 1.29 is 19.4 Å². The maximum atomic E-state index is 11.9. The Morgan fingerprint density at radius 1 is 1.38 bits per heavy atom. The van der Waals surface area contributed by atoms with Gasteiger partial charge in [0, 0.05) is 17.6 Å². The van der Waals surface area contributed by atoms with Gasteiger partial charge >= 0.3 is 12.0 Å². The molecule has 1 aromatic rings. The van der Waals surface area contributed by atoms with E-state index in [4.69, 9.17) is 9.84 Å². The first-order valence-electron chi connectivity index (χ1n) is 6.47. The number of anilines is 1. The number of aromatic carboxylic acids is 1. The number of carbonyl (C=O) groups is 2. The molecule has 0 radical (unpaired) electrons. The number of carbonyl (C=O) groups excluding carboxylic acids is 1. The van der Waals surface area contributed by atoms with Crippen molar-refractivity contribution in [3.8, 4) is 0 Å². The Hall–Kier alpha value is -1.60. The molecule has 2 amide bonds. The van der Waals surface area contributed by atoms with E-state index in [0.717, 1.165) is 0 Å². The number of nitrogens with one attached hydrogen (secondary N) is 2. The molecule has 3 N–H and O–H groups in total. The molecule has 0 aliphatic carbocycles. The summed E-state index contributed by atoms with van der Waals surface area (Å²) < 4.78 is 6.15. The lowest BCUT2D eigenvalue weighted by atomic mass is 10.1. The van der Waals surface area contributed by atoms with Crippen molar-refractivity contribution in [2.24, 2.45) is 0 Å². The summed E-state index contributed by atoms with van der Waals surface area (Å²) in [5.74, 6) is -1.10. The number of carboxylic acid groups (broad SMARTS) is 1. The molecule has 0 saturated heterocycles. The minimum absolute atomic E-state index is 0.0254. The maximum absolute atomic E-state index is 11.9. The molecule has 0 spiro atoms. The summed E-state index contributed by atoms with van der Waals surface area (Å²) in [5, 5.41) is 14.3. The van der Waals surface area contributed by atoms with Crippen LogP contribution in [0.25, 0.3) is 0 Å². The molecular weight excluding hydrogens is 340 g/mol. The van der Waals surface area contributed by atoms with Crippen LogP contribution in [0, 0.1) is 0 Å². The number of halogens is 1. The molecule has 0 aliphatic rings. The molecular formula is C14H19BrN2O4. The van der Waals surface area contributed by atoms with E-state index in [1.807, 2.05) is 20.8 Å². The van der Waals surface area contributed by atoms with E-state index < -0.39 is 17.6 Å². The molecule has 0 saturated carbocycles. The third-order valence-corrected chi connectivity index (χ3v) is 3.16. The minimum atomic E-state index is -1.10. The highest BCUT2D eigenvalue weighted by Crippen LogP contribution is 2.21. The van der Waals surface area contributed by atoms with Gasteiger partial charge in [0.2, 0.25) is 0 Å². The zero-order valence-electron chi connectivity index (χ0n) is 12.2. The average molecular weight is 359 g/mol. The van der Waals surface area contributed by atoms with E-state index in [1.165, 1.54) is 12.1 Å². The van der Waals surface area contributed by atoms with Crippen molar-refractivity contribution in [3.05, 3.63) is 28.2 Å². The quantitative estimate of drug-likeness (QED) is 0.728. The third-order valence-electron chi connectivity index (χ3n) is 2.67. The Kier molecular flexibility index (Phi) is 6.17. The van der Waals surface area contributed by atoms with Crippen LogP contribution >= 0.6 is 15.9 Å². The van der Waals surface area contributed by atoms with Crippen molar-refractivity contribution in [1.82, 2.24) is 5.32 Å². The van der Waals surface area contributed by atoms with E-state index in [0.29, 0.717) is 17.6 Å². The number of rotatable bonds is 6. The number of urea groups is 1. The Morgan fingerprint density at radius 2 is 2.05 bits per heavy atom. The molecule has 116 valence electrons. The van der Waals surface area contributed by atoms with Gasteiger partial charge in [0.15, 0.2) is 0 Å². The summed E-state index contributed by atoms with van der Waals surface area (Å²) in [5.41, 5.74) is -0.236. The summed E-state index contributed by atoms with van der Waals surface area (Å²) in [7, 11) is 0. The fourth-order valence-corrected chi connectivity index (χ4v) is 2.07. The number of hydrogen-bond donors (Lipinski definition) is 3. The summed E-state index contributed by atoms with van der Waals surface area (Å²) in [6, 6.07) is 4.08. The van der Waals surface area contributed by atoms with Crippen LogP contribution in [0.4, 0.5) is 10.5 Å². The molecule has 0 aliphatic heterocycles. The van der Waals surface area contributed by atoms with Crippen LogP contribution in [0.15, 0.2) is 22.7 Å². The van der Waals surface area contributed by atoms with Crippen LogP contribution in [0.2, 0.25) is 0 Å². The molecule has 0 aromatic heterocycles. The zero-order chi connectivity index (χ0) is 16.0. The van der Waals surface area contributed by atoms with Gasteiger partial charge in [-0.1, -0.05) is 15.9 Å². The van der Waals surface area contributed by atoms with E-state index in [-0.39, 0.29) is 11.3 Å². The molecule has 0 fully saturated rings. The standard InChI is InChI=1S/C14H19BrN2O4/c1-4-21-14(2,3)8-16-13(20)17-11-7-9(15)5-6-10(11)12(18)19/h5-7H,4,8H2,1-3H3,(H,18,19)(H2,16,17,20). The molecule has 1 rings (SSSR count). The van der Waals surface area contributed by atoms with Crippen LogP contribution < -0.4 is 10.6 Å². The summed E-state index contributed by atoms with van der Waals surface area (Å²) in [6.45, 7) is 6.45. The lowest BCUT2D eigenvalue weighted by Crippen LogP contribution is -2.42. The predicted molar refractivity (Wildman–Crippen MR) is 83.8 cm³/mol. The molecule has 7 heteroatoms. The normalized spacial score (nSPS) is 11.0. The van der Waals surface area contributed by atoms with Gasteiger partial charge in [0.05, 0.1) is 16.9 Å². The minimum Gasteiger partial charge on any atom is -0.478 e. The lowest BCUT2D eigenvalue weighted by molar-refractivity contribution is -0.00663. The fraction of sp³-hybridized carbons (Fsp3) is 0.429. The van der Waals surface area contributed by atoms with Gasteiger partial charge in [0.1, 0.15) is 0 Å². The van der Waals surface area contributed by atoms with Crippen LogP contribution in [-0.2, 0) is 4.74 Å². The van der Waals surface area contributed by atoms with Gasteiger partial charge in [-0.25, -0.2) is 9.59 Å². The molecule has 0 unspecified atom stereocenters. The van der Waals surface area contributed by atoms with Gasteiger partial charge in [-0.3, -0.25) is 0 Å². The van der Waals surface area contributed by atoms with Crippen molar-refractivity contribution in [2.45, 2.75) is 26.4 Å². The van der Waals surface area contributed by atoms with Gasteiger partial charge in [-0.15, -0.1) is 0 Å². The van der Waals surface area contributed by atoms with Crippen molar-refractivity contribution in [2.75, 3.05) is 18.5 Å². The van der Waals surface area contributed by atoms with E-state index in [9.17, 15) is 9.59 Å². The number of carboxylic acids is 1. The number of amides is 2. The molecule has 21 heavy (non-hydrogen) atoms. The van der Waals surface area contributed by atoms with E-state index >= 15 is 0 Å².